The molecule has 0 N–H and O–H groups in total. The van der Waals surface area contributed by atoms with Gasteiger partial charge in [-0.05, 0) is 32.6 Å². The van der Waals surface area contributed by atoms with Crippen LogP contribution in [0.15, 0.2) is 0 Å². The normalized spacial score (nSPS) is 29.7. The minimum atomic E-state index is -3.31. The van der Waals surface area contributed by atoms with Crippen molar-refractivity contribution in [2.24, 2.45) is 0 Å². The fourth-order valence-electron chi connectivity index (χ4n) is 3.43. The molecule has 5 nitrogen and oxygen atoms in total. The molecule has 21 heavy (non-hydrogen) atoms. The predicted octanol–water partition coefficient (Wildman–Crippen LogP) is 1.70. The smallest absolute Gasteiger partial charge is 0.241 e. The number of carbonyl (C=O) groups excluding carboxylic acids is 2. The number of sulfone groups is 1. The van der Waals surface area contributed by atoms with Crippen LogP contribution in [0.4, 0.5) is 0 Å². The molecule has 0 aliphatic carbocycles. The van der Waals surface area contributed by atoms with Crippen LogP contribution in [-0.2, 0) is 19.4 Å². The van der Waals surface area contributed by atoms with Gasteiger partial charge in [-0.3, -0.25) is 9.59 Å². The Morgan fingerprint density at radius 2 is 1.76 bits per heavy atom. The number of nitrogens with zero attached hydrogens (tertiary/aromatic N) is 1. The summed E-state index contributed by atoms with van der Waals surface area (Å²) >= 11 is 0. The molecule has 0 bridgehead atoms. The maximum atomic E-state index is 12.7. The molecule has 2 heterocycles. The Kier molecular flexibility index (Phi) is 5.41. The first-order chi connectivity index (χ1) is 9.92. The van der Waals surface area contributed by atoms with Gasteiger partial charge >= 0.3 is 0 Å². The van der Waals surface area contributed by atoms with Crippen molar-refractivity contribution in [1.29, 1.82) is 0 Å². The average Bonchev–Trinajstić information content (AvgIpc) is 2.62. The Morgan fingerprint density at radius 3 is 2.43 bits per heavy atom. The van der Waals surface area contributed by atoms with Gasteiger partial charge in [0.05, 0.1) is 5.75 Å². The molecule has 2 fully saturated rings. The molecule has 0 aromatic rings. The van der Waals surface area contributed by atoms with Crippen LogP contribution in [-0.4, -0.2) is 48.6 Å². The third kappa shape index (κ3) is 4.05. The molecule has 0 spiro atoms. The number of rotatable bonds is 3. The number of likely N-dealkylation sites (tertiary alicyclic amines) is 1. The van der Waals surface area contributed by atoms with Gasteiger partial charge < -0.3 is 4.90 Å². The molecule has 2 atom stereocenters. The highest BCUT2D eigenvalue weighted by Gasteiger charge is 2.39. The van der Waals surface area contributed by atoms with Gasteiger partial charge in [-0.15, -0.1) is 0 Å². The van der Waals surface area contributed by atoms with Gasteiger partial charge in [0, 0.05) is 19.0 Å². The van der Waals surface area contributed by atoms with Gasteiger partial charge in [0.15, 0.2) is 9.84 Å². The van der Waals surface area contributed by atoms with Crippen molar-refractivity contribution in [2.45, 2.75) is 69.6 Å². The number of hydrogen-bond donors (Lipinski definition) is 0. The highest BCUT2D eigenvalue weighted by molar-refractivity contribution is 7.92. The molecular weight excluding hydrogens is 290 g/mol. The summed E-state index contributed by atoms with van der Waals surface area (Å²) in [4.78, 5) is 25.9. The molecule has 2 unspecified atom stereocenters. The highest BCUT2D eigenvalue weighted by Crippen LogP contribution is 2.26. The van der Waals surface area contributed by atoms with E-state index in [1.54, 1.807) is 4.90 Å². The number of ketones is 1. The maximum Gasteiger partial charge on any atom is 0.241 e. The summed E-state index contributed by atoms with van der Waals surface area (Å²) in [6.45, 7) is 2.12. The topological polar surface area (TPSA) is 71.5 Å². The van der Waals surface area contributed by atoms with E-state index in [9.17, 15) is 18.0 Å². The van der Waals surface area contributed by atoms with Crippen molar-refractivity contribution in [1.82, 2.24) is 4.90 Å². The Morgan fingerprint density at radius 1 is 1.05 bits per heavy atom. The van der Waals surface area contributed by atoms with Crippen LogP contribution in [0.5, 0.6) is 0 Å². The van der Waals surface area contributed by atoms with E-state index in [0.717, 1.165) is 32.1 Å². The molecule has 6 heteroatoms. The van der Waals surface area contributed by atoms with Crippen molar-refractivity contribution in [3.05, 3.63) is 0 Å². The fraction of sp³-hybridized carbons (Fsp3) is 0.867. The highest BCUT2D eigenvalue weighted by atomic mass is 32.2. The molecule has 0 saturated carbocycles. The van der Waals surface area contributed by atoms with Gasteiger partial charge in [-0.1, -0.05) is 19.3 Å². The SMILES string of the molecule is CC(=O)CC1CCCCCN1C(=O)C1CCCCS1(=O)=O. The van der Waals surface area contributed by atoms with Crippen LogP contribution in [0, 0.1) is 0 Å². The molecule has 0 radical (unpaired) electrons. The number of hydrogen-bond acceptors (Lipinski definition) is 4. The molecule has 2 saturated heterocycles. The zero-order chi connectivity index (χ0) is 15.5. The third-order valence-corrected chi connectivity index (χ3v) is 6.70. The zero-order valence-corrected chi connectivity index (χ0v) is 13.5. The van der Waals surface area contributed by atoms with Crippen molar-refractivity contribution in [3.8, 4) is 0 Å². The second kappa shape index (κ2) is 6.90. The van der Waals surface area contributed by atoms with E-state index < -0.39 is 15.1 Å². The monoisotopic (exact) mass is 315 g/mol. The third-order valence-electron chi connectivity index (χ3n) is 4.54. The maximum absolute atomic E-state index is 12.7. The van der Waals surface area contributed by atoms with Crippen molar-refractivity contribution < 1.29 is 18.0 Å². The summed E-state index contributed by atoms with van der Waals surface area (Å²) in [6.07, 6.45) is 5.96. The first-order valence-electron chi connectivity index (χ1n) is 7.93. The molecule has 2 aliphatic rings. The minimum Gasteiger partial charge on any atom is -0.338 e. The minimum absolute atomic E-state index is 0.0613. The first-order valence-corrected chi connectivity index (χ1v) is 9.65. The van der Waals surface area contributed by atoms with Crippen LogP contribution in [0.1, 0.15) is 58.3 Å². The quantitative estimate of drug-likeness (QED) is 0.795. The molecule has 0 aromatic carbocycles. The van der Waals surface area contributed by atoms with Gasteiger partial charge in [0.25, 0.3) is 0 Å². The zero-order valence-electron chi connectivity index (χ0n) is 12.7. The Hall–Kier alpha value is -0.910. The van der Waals surface area contributed by atoms with E-state index >= 15 is 0 Å². The molecule has 120 valence electrons. The summed E-state index contributed by atoms with van der Waals surface area (Å²) in [5.74, 6) is -0.0803. The Bertz CT molecular complexity index is 500. The number of amides is 1. The lowest BCUT2D eigenvalue weighted by molar-refractivity contribution is -0.134. The molecular formula is C15H25NO4S. The van der Waals surface area contributed by atoms with E-state index in [4.69, 9.17) is 0 Å². The Labute approximate surface area is 127 Å². The summed E-state index contributed by atoms with van der Waals surface area (Å²) in [6, 6.07) is -0.116. The average molecular weight is 315 g/mol. The molecule has 0 aromatic heterocycles. The summed E-state index contributed by atoms with van der Waals surface area (Å²) in [7, 11) is -3.31. The predicted molar refractivity (Wildman–Crippen MR) is 80.7 cm³/mol. The van der Waals surface area contributed by atoms with E-state index in [0.29, 0.717) is 25.8 Å². The lowest BCUT2D eigenvalue weighted by Gasteiger charge is -2.33. The lowest BCUT2D eigenvalue weighted by Crippen LogP contribution is -2.49. The fourth-order valence-corrected chi connectivity index (χ4v) is 5.29. The van der Waals surface area contributed by atoms with E-state index in [1.807, 2.05) is 0 Å². The molecule has 2 aliphatic heterocycles. The summed E-state index contributed by atoms with van der Waals surface area (Å²) in [5, 5.41) is -0.876. The lowest BCUT2D eigenvalue weighted by atomic mass is 10.0. The van der Waals surface area contributed by atoms with Crippen LogP contribution in [0.3, 0.4) is 0 Å². The van der Waals surface area contributed by atoms with Gasteiger partial charge in [0.2, 0.25) is 5.91 Å². The van der Waals surface area contributed by atoms with Crippen molar-refractivity contribution in [2.75, 3.05) is 12.3 Å². The van der Waals surface area contributed by atoms with Gasteiger partial charge in [-0.25, -0.2) is 8.42 Å². The summed E-state index contributed by atoms with van der Waals surface area (Å²) < 4.78 is 24.3. The van der Waals surface area contributed by atoms with Crippen molar-refractivity contribution in [3.63, 3.8) is 0 Å². The van der Waals surface area contributed by atoms with Crippen LogP contribution in [0.25, 0.3) is 0 Å². The van der Waals surface area contributed by atoms with Gasteiger partial charge in [0.1, 0.15) is 11.0 Å². The van der Waals surface area contributed by atoms with Crippen LogP contribution in [0.2, 0.25) is 0 Å². The summed E-state index contributed by atoms with van der Waals surface area (Å²) in [5.41, 5.74) is 0. The number of carbonyl (C=O) groups is 2. The largest absolute Gasteiger partial charge is 0.338 e. The van der Waals surface area contributed by atoms with Crippen LogP contribution < -0.4 is 0 Å². The first kappa shape index (κ1) is 16.5. The van der Waals surface area contributed by atoms with E-state index in [2.05, 4.69) is 0 Å². The van der Waals surface area contributed by atoms with Gasteiger partial charge in [-0.2, -0.15) is 0 Å². The standard InChI is InChI=1S/C15H25NO4S/c1-12(17)11-13-7-3-2-5-9-16(13)15(18)14-8-4-6-10-21(14,19)20/h13-14H,2-11H2,1H3. The number of Topliss-reactive ketones (excluding diaryl/α,β-unsaturated/α-hetero) is 1. The van der Waals surface area contributed by atoms with Crippen molar-refractivity contribution >= 4 is 21.5 Å². The molecule has 2 rings (SSSR count). The second-order valence-corrected chi connectivity index (χ2v) is 8.60. The molecule has 1 amide bonds. The van der Waals surface area contributed by atoms with E-state index in [1.165, 1.54) is 6.92 Å². The van der Waals surface area contributed by atoms with E-state index in [-0.39, 0.29) is 23.5 Å². The second-order valence-electron chi connectivity index (χ2n) is 6.29. The van der Waals surface area contributed by atoms with Crippen LogP contribution >= 0.6 is 0 Å². The Balaban J connectivity index is 2.18.